The van der Waals surface area contributed by atoms with Crippen LogP contribution in [0, 0.1) is 17.3 Å². The summed E-state index contributed by atoms with van der Waals surface area (Å²) in [5.74, 6) is 1.78. The van der Waals surface area contributed by atoms with Crippen molar-refractivity contribution in [2.75, 3.05) is 0 Å². The van der Waals surface area contributed by atoms with Crippen LogP contribution in [-0.2, 0) is 0 Å². The molecular weight excluding hydrogens is 120 g/mol. The van der Waals surface area contributed by atoms with Crippen molar-refractivity contribution in [3.8, 4) is 0 Å². The van der Waals surface area contributed by atoms with Crippen LogP contribution in [-0.4, -0.2) is 0 Å². The van der Waals surface area contributed by atoms with Gasteiger partial charge in [0.1, 0.15) is 0 Å². The third-order valence-corrected chi connectivity index (χ3v) is 3.60. The Bertz CT molecular complexity index is 109. The van der Waals surface area contributed by atoms with Gasteiger partial charge in [0, 0.05) is 0 Å². The molecule has 1 aliphatic carbocycles. The summed E-state index contributed by atoms with van der Waals surface area (Å²) < 4.78 is 0. The van der Waals surface area contributed by atoms with Crippen molar-refractivity contribution in [1.82, 2.24) is 0 Å². The SMILES string of the molecule is CC(C)C(C)C1(C)CCC1. The van der Waals surface area contributed by atoms with E-state index in [2.05, 4.69) is 27.7 Å². The molecule has 0 spiro atoms. The molecule has 0 aliphatic heterocycles. The van der Waals surface area contributed by atoms with Crippen molar-refractivity contribution < 1.29 is 0 Å². The van der Waals surface area contributed by atoms with E-state index in [9.17, 15) is 0 Å². The van der Waals surface area contributed by atoms with E-state index in [4.69, 9.17) is 0 Å². The van der Waals surface area contributed by atoms with Crippen molar-refractivity contribution in [2.45, 2.75) is 47.0 Å². The average molecular weight is 140 g/mol. The molecule has 0 radical (unpaired) electrons. The molecule has 0 bridgehead atoms. The van der Waals surface area contributed by atoms with Crippen LogP contribution in [0.1, 0.15) is 47.0 Å². The minimum Gasteiger partial charge on any atom is -0.0625 e. The number of hydrogen-bond acceptors (Lipinski definition) is 0. The molecule has 0 saturated heterocycles. The number of hydrogen-bond donors (Lipinski definition) is 0. The fraction of sp³-hybridized carbons (Fsp3) is 1.00. The molecule has 0 amide bonds. The van der Waals surface area contributed by atoms with Crippen LogP contribution in [0.4, 0.5) is 0 Å². The van der Waals surface area contributed by atoms with E-state index in [1.165, 1.54) is 19.3 Å². The second-order valence-corrected chi connectivity index (χ2v) is 4.54. The monoisotopic (exact) mass is 140 g/mol. The van der Waals surface area contributed by atoms with Gasteiger partial charge in [-0.2, -0.15) is 0 Å². The summed E-state index contributed by atoms with van der Waals surface area (Å²) in [5.41, 5.74) is 0.703. The molecule has 0 heterocycles. The summed E-state index contributed by atoms with van der Waals surface area (Å²) in [7, 11) is 0. The standard InChI is InChI=1S/C10H20/c1-8(2)9(3)10(4)6-5-7-10/h8-9H,5-7H2,1-4H3. The normalized spacial score (nSPS) is 26.1. The Balaban J connectivity index is 2.46. The third-order valence-electron chi connectivity index (χ3n) is 3.60. The highest BCUT2D eigenvalue weighted by Gasteiger charge is 2.37. The van der Waals surface area contributed by atoms with Crippen molar-refractivity contribution in [2.24, 2.45) is 17.3 Å². The van der Waals surface area contributed by atoms with Gasteiger partial charge in [-0.1, -0.05) is 34.1 Å². The predicted octanol–water partition coefficient (Wildman–Crippen LogP) is 3.47. The van der Waals surface area contributed by atoms with Crippen LogP contribution in [0.25, 0.3) is 0 Å². The van der Waals surface area contributed by atoms with Crippen molar-refractivity contribution >= 4 is 0 Å². The Morgan fingerprint density at radius 1 is 1.10 bits per heavy atom. The second kappa shape index (κ2) is 2.56. The first-order chi connectivity index (χ1) is 4.56. The van der Waals surface area contributed by atoms with Gasteiger partial charge in [0.2, 0.25) is 0 Å². The Morgan fingerprint density at radius 3 is 1.70 bits per heavy atom. The second-order valence-electron chi connectivity index (χ2n) is 4.54. The molecule has 0 N–H and O–H groups in total. The van der Waals surface area contributed by atoms with E-state index in [0.717, 1.165) is 11.8 Å². The van der Waals surface area contributed by atoms with Gasteiger partial charge in [-0.15, -0.1) is 0 Å². The van der Waals surface area contributed by atoms with Crippen LogP contribution >= 0.6 is 0 Å². The van der Waals surface area contributed by atoms with E-state index in [1.807, 2.05) is 0 Å². The van der Waals surface area contributed by atoms with Gasteiger partial charge in [-0.25, -0.2) is 0 Å². The Hall–Kier alpha value is 0. The minimum absolute atomic E-state index is 0.703. The quantitative estimate of drug-likeness (QED) is 0.551. The van der Waals surface area contributed by atoms with Crippen LogP contribution in [0.3, 0.4) is 0 Å². The van der Waals surface area contributed by atoms with Crippen LogP contribution in [0.15, 0.2) is 0 Å². The molecular formula is C10H20. The lowest BCUT2D eigenvalue weighted by molar-refractivity contribution is 0.0535. The lowest BCUT2D eigenvalue weighted by Gasteiger charge is -2.45. The largest absolute Gasteiger partial charge is 0.0625 e. The summed E-state index contributed by atoms with van der Waals surface area (Å²) in [6, 6.07) is 0. The summed E-state index contributed by atoms with van der Waals surface area (Å²) in [6.45, 7) is 9.54. The molecule has 0 aromatic heterocycles. The number of rotatable bonds is 2. The van der Waals surface area contributed by atoms with Crippen LogP contribution < -0.4 is 0 Å². The predicted molar refractivity (Wildman–Crippen MR) is 46.0 cm³/mol. The summed E-state index contributed by atoms with van der Waals surface area (Å²) >= 11 is 0. The molecule has 1 saturated carbocycles. The lowest BCUT2D eigenvalue weighted by atomic mass is 9.60. The molecule has 60 valence electrons. The molecule has 1 atom stereocenters. The maximum absolute atomic E-state index is 2.45. The zero-order valence-electron chi connectivity index (χ0n) is 7.78. The molecule has 1 unspecified atom stereocenters. The molecule has 1 fully saturated rings. The fourth-order valence-electron chi connectivity index (χ4n) is 1.99. The Morgan fingerprint density at radius 2 is 1.60 bits per heavy atom. The third kappa shape index (κ3) is 1.21. The summed E-state index contributed by atoms with van der Waals surface area (Å²) in [6.07, 6.45) is 4.40. The van der Waals surface area contributed by atoms with Gasteiger partial charge in [0.15, 0.2) is 0 Å². The summed E-state index contributed by atoms with van der Waals surface area (Å²) in [5, 5.41) is 0. The first-order valence-electron chi connectivity index (χ1n) is 4.56. The van der Waals surface area contributed by atoms with Crippen LogP contribution in [0.2, 0.25) is 0 Å². The molecule has 1 aliphatic rings. The molecule has 0 nitrogen and oxygen atoms in total. The molecule has 0 aromatic carbocycles. The van der Waals surface area contributed by atoms with E-state index in [-0.39, 0.29) is 0 Å². The maximum Gasteiger partial charge on any atom is -0.0298 e. The van der Waals surface area contributed by atoms with Gasteiger partial charge in [0.25, 0.3) is 0 Å². The van der Waals surface area contributed by atoms with Gasteiger partial charge < -0.3 is 0 Å². The molecule has 0 aromatic rings. The fourth-order valence-corrected chi connectivity index (χ4v) is 1.99. The van der Waals surface area contributed by atoms with E-state index in [0.29, 0.717) is 5.41 Å². The highest BCUT2D eigenvalue weighted by Crippen LogP contribution is 2.48. The van der Waals surface area contributed by atoms with Gasteiger partial charge in [-0.05, 0) is 30.1 Å². The topological polar surface area (TPSA) is 0 Å². The van der Waals surface area contributed by atoms with Crippen LogP contribution in [0.5, 0.6) is 0 Å². The molecule has 0 heteroatoms. The lowest BCUT2D eigenvalue weighted by Crippen LogP contribution is -2.35. The van der Waals surface area contributed by atoms with E-state index in [1.54, 1.807) is 0 Å². The summed E-state index contributed by atoms with van der Waals surface area (Å²) in [4.78, 5) is 0. The Kier molecular flexibility index (Phi) is 2.07. The zero-order chi connectivity index (χ0) is 7.78. The van der Waals surface area contributed by atoms with Crippen molar-refractivity contribution in [1.29, 1.82) is 0 Å². The van der Waals surface area contributed by atoms with Gasteiger partial charge >= 0.3 is 0 Å². The highest BCUT2D eigenvalue weighted by atomic mass is 14.4. The molecule has 10 heavy (non-hydrogen) atoms. The first kappa shape index (κ1) is 8.10. The van der Waals surface area contributed by atoms with E-state index >= 15 is 0 Å². The zero-order valence-corrected chi connectivity index (χ0v) is 7.78. The Labute approximate surface area is 65.0 Å². The van der Waals surface area contributed by atoms with Gasteiger partial charge in [0.05, 0.1) is 0 Å². The van der Waals surface area contributed by atoms with Crippen molar-refractivity contribution in [3.05, 3.63) is 0 Å². The van der Waals surface area contributed by atoms with Crippen molar-refractivity contribution in [3.63, 3.8) is 0 Å². The highest BCUT2D eigenvalue weighted by molar-refractivity contribution is 4.88. The maximum atomic E-state index is 2.45. The first-order valence-corrected chi connectivity index (χ1v) is 4.56. The minimum atomic E-state index is 0.703. The smallest absolute Gasteiger partial charge is 0.0298 e. The molecule has 1 rings (SSSR count). The average Bonchev–Trinajstić information content (AvgIpc) is 1.81. The van der Waals surface area contributed by atoms with Gasteiger partial charge in [-0.3, -0.25) is 0 Å². The van der Waals surface area contributed by atoms with E-state index < -0.39 is 0 Å².